The molecular formula is C15H25N3O4. The van der Waals surface area contributed by atoms with Crippen LogP contribution in [0.4, 0.5) is 0 Å². The third kappa shape index (κ3) is 3.48. The lowest BCUT2D eigenvalue weighted by molar-refractivity contribution is -0.177. The molecule has 124 valence electrons. The number of aromatic nitrogens is 2. The summed E-state index contributed by atoms with van der Waals surface area (Å²) < 4.78 is 16.2. The van der Waals surface area contributed by atoms with Crippen LogP contribution in [0.1, 0.15) is 37.4 Å². The van der Waals surface area contributed by atoms with Gasteiger partial charge in [-0.25, -0.2) is 0 Å². The van der Waals surface area contributed by atoms with Crippen LogP contribution >= 0.6 is 0 Å². The molecule has 7 heteroatoms. The predicted octanol–water partition coefficient (Wildman–Crippen LogP) is 0.764. The SMILES string of the molecule is COCCc1noc(CN2CCC3(CC2)OCCCC3O)n1. The second kappa shape index (κ2) is 7.04. The second-order valence-corrected chi connectivity index (χ2v) is 6.19. The smallest absolute Gasteiger partial charge is 0.240 e. The van der Waals surface area contributed by atoms with Crippen LogP contribution in [0.25, 0.3) is 0 Å². The number of hydrogen-bond acceptors (Lipinski definition) is 7. The summed E-state index contributed by atoms with van der Waals surface area (Å²) in [7, 11) is 1.66. The molecule has 0 aliphatic carbocycles. The summed E-state index contributed by atoms with van der Waals surface area (Å²) in [6.45, 7) is 3.79. The Balaban J connectivity index is 1.50. The van der Waals surface area contributed by atoms with Crippen molar-refractivity contribution in [3.63, 3.8) is 0 Å². The monoisotopic (exact) mass is 311 g/mol. The van der Waals surface area contributed by atoms with E-state index in [-0.39, 0.29) is 11.7 Å². The molecule has 1 aromatic rings. The van der Waals surface area contributed by atoms with Crippen molar-refractivity contribution in [3.05, 3.63) is 11.7 Å². The van der Waals surface area contributed by atoms with Gasteiger partial charge in [-0.05, 0) is 25.7 Å². The summed E-state index contributed by atoms with van der Waals surface area (Å²) in [5.74, 6) is 1.34. The third-order valence-corrected chi connectivity index (χ3v) is 4.72. The normalized spacial score (nSPS) is 25.6. The van der Waals surface area contributed by atoms with Gasteiger partial charge in [0.05, 0.1) is 24.9 Å². The van der Waals surface area contributed by atoms with E-state index in [0.717, 1.165) is 45.4 Å². The summed E-state index contributed by atoms with van der Waals surface area (Å²) in [6, 6.07) is 0. The number of likely N-dealkylation sites (tertiary alicyclic amines) is 1. The molecule has 1 unspecified atom stereocenters. The molecule has 2 aliphatic rings. The lowest BCUT2D eigenvalue weighted by Crippen LogP contribution is -2.55. The molecule has 0 amide bonds. The Bertz CT molecular complexity index is 471. The van der Waals surface area contributed by atoms with Gasteiger partial charge in [0.2, 0.25) is 5.89 Å². The lowest BCUT2D eigenvalue weighted by Gasteiger charge is -2.46. The fraction of sp³-hybridized carbons (Fsp3) is 0.867. The van der Waals surface area contributed by atoms with Gasteiger partial charge in [-0.15, -0.1) is 0 Å². The fourth-order valence-electron chi connectivity index (χ4n) is 3.32. The molecule has 0 aromatic carbocycles. The summed E-state index contributed by atoms with van der Waals surface area (Å²) >= 11 is 0. The molecule has 1 atom stereocenters. The summed E-state index contributed by atoms with van der Waals surface area (Å²) in [5.41, 5.74) is -0.326. The van der Waals surface area contributed by atoms with E-state index in [1.165, 1.54) is 0 Å². The molecule has 2 saturated heterocycles. The van der Waals surface area contributed by atoms with E-state index in [4.69, 9.17) is 14.0 Å². The molecule has 3 heterocycles. The zero-order valence-electron chi connectivity index (χ0n) is 13.2. The number of nitrogens with zero attached hydrogens (tertiary/aromatic N) is 3. The van der Waals surface area contributed by atoms with E-state index < -0.39 is 0 Å². The van der Waals surface area contributed by atoms with Gasteiger partial charge in [-0.2, -0.15) is 4.98 Å². The molecule has 1 N–H and O–H groups in total. The summed E-state index contributed by atoms with van der Waals surface area (Å²) in [6.07, 6.45) is 3.87. The van der Waals surface area contributed by atoms with Gasteiger partial charge in [0.15, 0.2) is 5.82 Å². The van der Waals surface area contributed by atoms with E-state index in [1.54, 1.807) is 7.11 Å². The molecule has 22 heavy (non-hydrogen) atoms. The molecule has 1 aromatic heterocycles. The van der Waals surface area contributed by atoms with Crippen molar-refractivity contribution < 1.29 is 19.1 Å². The van der Waals surface area contributed by atoms with E-state index in [0.29, 0.717) is 31.3 Å². The average molecular weight is 311 g/mol. The first-order valence-corrected chi connectivity index (χ1v) is 8.07. The number of rotatable bonds is 5. The number of aliphatic hydroxyl groups is 1. The minimum absolute atomic E-state index is 0.326. The maximum absolute atomic E-state index is 10.2. The maximum Gasteiger partial charge on any atom is 0.240 e. The summed E-state index contributed by atoms with van der Waals surface area (Å²) in [4.78, 5) is 6.66. The highest BCUT2D eigenvalue weighted by molar-refractivity contribution is 4.96. The highest BCUT2D eigenvalue weighted by Gasteiger charge is 2.43. The number of methoxy groups -OCH3 is 1. The summed E-state index contributed by atoms with van der Waals surface area (Å²) in [5, 5.41) is 14.2. The van der Waals surface area contributed by atoms with Crippen LogP contribution in [0.3, 0.4) is 0 Å². The highest BCUT2D eigenvalue weighted by atomic mass is 16.5. The molecule has 3 rings (SSSR count). The first kappa shape index (κ1) is 15.9. The van der Waals surface area contributed by atoms with Crippen LogP contribution in [0, 0.1) is 0 Å². The molecule has 0 bridgehead atoms. The van der Waals surface area contributed by atoms with E-state index in [1.807, 2.05) is 0 Å². The van der Waals surface area contributed by atoms with E-state index in [2.05, 4.69) is 15.0 Å². The lowest BCUT2D eigenvalue weighted by atomic mass is 9.82. The van der Waals surface area contributed by atoms with Crippen LogP contribution in [0.15, 0.2) is 4.52 Å². The van der Waals surface area contributed by atoms with Gasteiger partial charge < -0.3 is 19.1 Å². The molecule has 2 fully saturated rings. The van der Waals surface area contributed by atoms with Gasteiger partial charge >= 0.3 is 0 Å². The zero-order chi connectivity index (χ0) is 15.4. The Morgan fingerprint density at radius 3 is 2.95 bits per heavy atom. The topological polar surface area (TPSA) is 80.9 Å². The van der Waals surface area contributed by atoms with Crippen molar-refractivity contribution in [3.8, 4) is 0 Å². The minimum Gasteiger partial charge on any atom is -0.390 e. The maximum atomic E-state index is 10.2. The van der Waals surface area contributed by atoms with Crippen molar-refractivity contribution in [2.45, 2.75) is 50.4 Å². The Hall–Kier alpha value is -1.02. The molecule has 0 saturated carbocycles. The van der Waals surface area contributed by atoms with Crippen molar-refractivity contribution in [2.24, 2.45) is 0 Å². The standard InChI is InChI=1S/C15H25N3O4/c1-20-10-4-13-16-14(22-17-13)11-18-7-5-15(6-8-18)12(19)3-2-9-21-15/h12,19H,2-11H2,1H3. The molecular weight excluding hydrogens is 286 g/mol. The Morgan fingerprint density at radius 2 is 2.23 bits per heavy atom. The first-order chi connectivity index (χ1) is 10.7. The van der Waals surface area contributed by atoms with Gasteiger partial charge in [-0.3, -0.25) is 4.90 Å². The van der Waals surface area contributed by atoms with Gasteiger partial charge in [0, 0.05) is 33.2 Å². The van der Waals surface area contributed by atoms with Gasteiger partial charge in [-0.1, -0.05) is 5.16 Å². The van der Waals surface area contributed by atoms with Crippen molar-refractivity contribution in [2.75, 3.05) is 33.4 Å². The zero-order valence-corrected chi connectivity index (χ0v) is 13.2. The predicted molar refractivity (Wildman–Crippen MR) is 78.3 cm³/mol. The van der Waals surface area contributed by atoms with Crippen LogP contribution < -0.4 is 0 Å². The van der Waals surface area contributed by atoms with Crippen LogP contribution in [-0.4, -0.2) is 65.3 Å². The van der Waals surface area contributed by atoms with Crippen molar-refractivity contribution in [1.29, 1.82) is 0 Å². The van der Waals surface area contributed by atoms with Crippen LogP contribution in [0.5, 0.6) is 0 Å². The third-order valence-electron chi connectivity index (χ3n) is 4.72. The Labute approximate surface area is 130 Å². The molecule has 0 radical (unpaired) electrons. The first-order valence-electron chi connectivity index (χ1n) is 8.07. The second-order valence-electron chi connectivity index (χ2n) is 6.19. The Morgan fingerprint density at radius 1 is 1.41 bits per heavy atom. The van der Waals surface area contributed by atoms with Gasteiger partial charge in [0.1, 0.15) is 0 Å². The number of ether oxygens (including phenoxy) is 2. The highest BCUT2D eigenvalue weighted by Crippen LogP contribution is 2.35. The molecule has 2 aliphatic heterocycles. The number of piperidine rings is 1. The van der Waals surface area contributed by atoms with Gasteiger partial charge in [0.25, 0.3) is 0 Å². The van der Waals surface area contributed by atoms with E-state index in [9.17, 15) is 5.11 Å². The van der Waals surface area contributed by atoms with E-state index >= 15 is 0 Å². The molecule has 7 nitrogen and oxygen atoms in total. The average Bonchev–Trinajstić information content (AvgIpc) is 2.98. The number of aliphatic hydroxyl groups excluding tert-OH is 1. The van der Waals surface area contributed by atoms with Crippen LogP contribution in [0.2, 0.25) is 0 Å². The minimum atomic E-state index is -0.326. The van der Waals surface area contributed by atoms with Crippen LogP contribution in [-0.2, 0) is 22.4 Å². The Kier molecular flexibility index (Phi) is 5.07. The van der Waals surface area contributed by atoms with Crippen molar-refractivity contribution in [1.82, 2.24) is 15.0 Å². The number of hydrogen-bond donors (Lipinski definition) is 1. The quantitative estimate of drug-likeness (QED) is 0.860. The fourth-order valence-corrected chi connectivity index (χ4v) is 3.32. The van der Waals surface area contributed by atoms with Crippen molar-refractivity contribution >= 4 is 0 Å². The molecule has 1 spiro atoms. The largest absolute Gasteiger partial charge is 0.390 e.